The fraction of sp³-hybridized carbons (Fsp3) is 0.500. The molecule has 4 aromatic heterocycles. The molecule has 4 heterocycles. The molecule has 2 aliphatic rings. The van der Waals surface area contributed by atoms with Crippen LogP contribution in [0.4, 0.5) is 26.3 Å². The zero-order valence-corrected chi connectivity index (χ0v) is 38.2. The molecule has 0 bridgehead atoms. The molecule has 4 atom stereocenters. The molecule has 2 aliphatic carbocycles. The van der Waals surface area contributed by atoms with Gasteiger partial charge in [-0.3, -0.25) is 19.9 Å². The first kappa shape index (κ1) is 52.6. The molecule has 4 aromatic rings. The standard InChI is InChI=1S/2C20H25F3N4.4ClH.2Fe/c2*1-14-6-4-10-24-18(14)12-26-16-8-2-3-9-17(16)27-13-19-15(20(21,22)23)7-5-11-25-19;;;;;;/h2*4-7,10-11,16-17,26-27H,2-3,8-9,12-13H2,1H3;4*1H;;/q;;;;;;2*+2/p-4/t2*16-,17-;;;;;;/m00....../s1. The molecular weight excluding hydrogens is 960 g/mol. The van der Waals surface area contributed by atoms with Gasteiger partial charge in [0.05, 0.1) is 33.9 Å². The Balaban J connectivity index is 0.000000283. The van der Waals surface area contributed by atoms with E-state index >= 15 is 0 Å². The van der Waals surface area contributed by atoms with Gasteiger partial charge >= 0.3 is 79.0 Å². The zero-order valence-electron chi connectivity index (χ0n) is 33.0. The normalized spacial score (nSPS) is 19.3. The Morgan fingerprint density at radius 3 is 1.00 bits per heavy atom. The second-order valence-electron chi connectivity index (χ2n) is 14.1. The van der Waals surface area contributed by atoms with E-state index in [0.717, 1.165) is 86.0 Å². The van der Waals surface area contributed by atoms with E-state index in [4.69, 9.17) is 40.4 Å². The van der Waals surface area contributed by atoms with E-state index in [0.29, 0.717) is 13.1 Å². The Morgan fingerprint density at radius 1 is 0.483 bits per heavy atom. The Kier molecular flexibility index (Phi) is 24.6. The molecular formula is C40H50Cl4F6Fe2N8. The first-order valence-electron chi connectivity index (χ1n) is 19.2. The second kappa shape index (κ2) is 28.1. The fourth-order valence-corrected chi connectivity index (χ4v) is 7.23. The predicted molar refractivity (Wildman–Crippen MR) is 219 cm³/mol. The van der Waals surface area contributed by atoms with E-state index in [1.165, 1.54) is 24.5 Å². The SMILES string of the molecule is Cc1cccnc1CN[C@H]1CCCC[C@@H]1NCc1ncccc1C(F)(F)F.Cc1cccnc1CN[C@H]1CCCC[C@@H]1NCc1ncccc1C(F)(F)F.[Cl][Fe][Cl].[Cl][Fe][Cl]. The zero-order chi connectivity index (χ0) is 44.0. The van der Waals surface area contributed by atoms with Crippen LogP contribution in [0, 0.1) is 13.8 Å². The number of rotatable bonds is 12. The number of aryl methyl sites for hydroxylation is 2. The van der Waals surface area contributed by atoms with Crippen molar-refractivity contribution in [3.63, 3.8) is 0 Å². The van der Waals surface area contributed by atoms with E-state index in [9.17, 15) is 26.3 Å². The van der Waals surface area contributed by atoms with Gasteiger partial charge in [0, 0.05) is 75.1 Å². The van der Waals surface area contributed by atoms with Crippen LogP contribution in [0.3, 0.4) is 0 Å². The third-order valence-corrected chi connectivity index (χ3v) is 10.3. The second-order valence-corrected chi connectivity index (χ2v) is 17.8. The van der Waals surface area contributed by atoms with Crippen molar-refractivity contribution in [2.24, 2.45) is 0 Å². The summed E-state index contributed by atoms with van der Waals surface area (Å²) in [4.78, 5) is 16.7. The number of nitrogens with one attached hydrogen (secondary N) is 4. The van der Waals surface area contributed by atoms with Gasteiger partial charge in [-0.1, -0.05) is 37.8 Å². The third-order valence-electron chi connectivity index (χ3n) is 10.3. The average Bonchev–Trinajstić information content (AvgIpc) is 3.22. The monoisotopic (exact) mass is 1010 g/mol. The molecule has 0 saturated heterocycles. The van der Waals surface area contributed by atoms with Gasteiger partial charge in [-0.05, 0) is 87.1 Å². The average molecular weight is 1010 g/mol. The van der Waals surface area contributed by atoms with Crippen molar-refractivity contribution in [2.45, 2.75) is 128 Å². The molecule has 0 aliphatic heterocycles. The van der Waals surface area contributed by atoms with Gasteiger partial charge in [-0.25, -0.2) is 0 Å². The van der Waals surface area contributed by atoms with Crippen molar-refractivity contribution < 1.29 is 52.6 Å². The number of halogens is 10. The Hall–Kier alpha value is -1.78. The van der Waals surface area contributed by atoms with Crippen LogP contribution >= 0.6 is 40.4 Å². The van der Waals surface area contributed by atoms with E-state index in [2.05, 4.69) is 41.2 Å². The van der Waals surface area contributed by atoms with E-state index in [1.54, 1.807) is 12.4 Å². The summed E-state index contributed by atoms with van der Waals surface area (Å²) in [6.45, 7) is 5.60. The van der Waals surface area contributed by atoms with E-state index < -0.39 is 23.5 Å². The molecule has 0 amide bonds. The van der Waals surface area contributed by atoms with Crippen LogP contribution in [-0.2, 0) is 64.8 Å². The first-order chi connectivity index (χ1) is 28.7. The Bertz CT molecular complexity index is 1690. The maximum absolute atomic E-state index is 13.1. The van der Waals surface area contributed by atoms with Crippen LogP contribution in [0.2, 0.25) is 0 Å². The van der Waals surface area contributed by atoms with Gasteiger partial charge in [0.15, 0.2) is 0 Å². The van der Waals surface area contributed by atoms with Crippen molar-refractivity contribution >= 4 is 40.4 Å². The number of alkyl halides is 6. The van der Waals surface area contributed by atoms with Gasteiger partial charge in [0.1, 0.15) is 0 Å². The first-order valence-corrected chi connectivity index (χ1v) is 25.3. The van der Waals surface area contributed by atoms with E-state index in [-0.39, 0.29) is 74.9 Å². The summed E-state index contributed by atoms with van der Waals surface area (Å²) < 4.78 is 78.9. The summed E-state index contributed by atoms with van der Waals surface area (Å²) in [5.74, 6) is 0. The Morgan fingerprint density at radius 2 is 0.733 bits per heavy atom. The van der Waals surface area contributed by atoms with Gasteiger partial charge in [-0.15, -0.1) is 0 Å². The Labute approximate surface area is 378 Å². The van der Waals surface area contributed by atoms with Crippen molar-refractivity contribution in [1.29, 1.82) is 0 Å². The molecule has 60 heavy (non-hydrogen) atoms. The van der Waals surface area contributed by atoms with Crippen molar-refractivity contribution in [3.05, 3.63) is 118 Å². The van der Waals surface area contributed by atoms with Crippen LogP contribution < -0.4 is 21.3 Å². The third kappa shape index (κ3) is 18.5. The molecule has 0 radical (unpaired) electrons. The van der Waals surface area contributed by atoms with Gasteiger partial charge in [0.25, 0.3) is 0 Å². The van der Waals surface area contributed by atoms with Crippen molar-refractivity contribution in [3.8, 4) is 0 Å². The number of aromatic nitrogens is 4. The van der Waals surface area contributed by atoms with Crippen molar-refractivity contribution in [1.82, 2.24) is 41.2 Å². The van der Waals surface area contributed by atoms with Crippen LogP contribution in [0.25, 0.3) is 0 Å². The summed E-state index contributed by atoms with van der Waals surface area (Å²) in [6, 6.07) is 13.4. The molecule has 0 spiro atoms. The summed E-state index contributed by atoms with van der Waals surface area (Å²) in [6.07, 6.45) is 5.87. The van der Waals surface area contributed by atoms with Crippen LogP contribution in [0.15, 0.2) is 73.3 Å². The number of hydrogen-bond acceptors (Lipinski definition) is 8. The summed E-state index contributed by atoms with van der Waals surface area (Å²) in [5.41, 5.74) is 3.05. The minimum absolute atomic E-state index is 0.0508. The summed E-state index contributed by atoms with van der Waals surface area (Å²) in [5, 5.41) is 13.7. The molecule has 336 valence electrons. The topological polar surface area (TPSA) is 99.7 Å². The summed E-state index contributed by atoms with van der Waals surface area (Å²) in [7, 11) is 19.1. The van der Waals surface area contributed by atoms with Crippen LogP contribution in [0.1, 0.15) is 96.4 Å². The van der Waals surface area contributed by atoms with Gasteiger partial charge in [0.2, 0.25) is 0 Å². The maximum atomic E-state index is 13.1. The number of nitrogens with zero attached hydrogens (tertiary/aromatic N) is 4. The molecule has 2 saturated carbocycles. The number of pyridine rings is 4. The fourth-order valence-electron chi connectivity index (χ4n) is 7.23. The van der Waals surface area contributed by atoms with E-state index in [1.807, 2.05) is 38.1 Å². The van der Waals surface area contributed by atoms with Crippen molar-refractivity contribution in [2.75, 3.05) is 0 Å². The summed E-state index contributed by atoms with van der Waals surface area (Å²) >= 11 is 0.389. The molecule has 2 fully saturated rings. The molecule has 6 rings (SSSR count). The van der Waals surface area contributed by atoms with Gasteiger partial charge < -0.3 is 21.3 Å². The molecule has 0 unspecified atom stereocenters. The number of hydrogen-bond donors (Lipinski definition) is 4. The quantitative estimate of drug-likeness (QED) is 0.0823. The molecule has 8 nitrogen and oxygen atoms in total. The van der Waals surface area contributed by atoms with Gasteiger partial charge in [-0.2, -0.15) is 26.3 Å². The van der Waals surface area contributed by atoms with Crippen LogP contribution in [-0.4, -0.2) is 44.1 Å². The molecule has 20 heteroatoms. The predicted octanol–water partition coefficient (Wildman–Crippen LogP) is 10.7. The van der Waals surface area contributed by atoms with Crippen LogP contribution in [0.5, 0.6) is 0 Å². The molecule has 4 N–H and O–H groups in total. The molecule has 0 aromatic carbocycles. The minimum atomic E-state index is -4.38.